The van der Waals surface area contributed by atoms with Crippen LogP contribution in [-0.4, -0.2) is 29.2 Å². The van der Waals surface area contributed by atoms with Crippen LogP contribution < -0.4 is 0 Å². The Balaban J connectivity index is 2.28. The van der Waals surface area contributed by atoms with Gasteiger partial charge in [-0.25, -0.2) is 0 Å². The molecule has 3 atom stereocenters. The van der Waals surface area contributed by atoms with Gasteiger partial charge in [0.25, 0.3) is 0 Å². The summed E-state index contributed by atoms with van der Waals surface area (Å²) >= 11 is 0. The van der Waals surface area contributed by atoms with Crippen LogP contribution in [0.15, 0.2) is 0 Å². The third-order valence-corrected chi connectivity index (χ3v) is 3.52. The van der Waals surface area contributed by atoms with Gasteiger partial charge in [-0.1, -0.05) is 20.8 Å². The van der Waals surface area contributed by atoms with Gasteiger partial charge < -0.3 is 9.64 Å². The Bertz CT molecular complexity index is 264. The molecule has 1 amide bonds. The zero-order valence-electron chi connectivity index (χ0n) is 9.41. The smallest absolute Gasteiger partial charge is 0.228 e. The molecule has 80 valence electrons. The van der Waals surface area contributed by atoms with Gasteiger partial charge >= 0.3 is 0 Å². The van der Waals surface area contributed by atoms with E-state index in [-0.39, 0.29) is 23.6 Å². The first kappa shape index (κ1) is 9.97. The molecule has 2 rings (SSSR count). The highest BCUT2D eigenvalue weighted by Gasteiger charge is 2.54. The van der Waals surface area contributed by atoms with Crippen LogP contribution in [0.4, 0.5) is 0 Å². The Morgan fingerprint density at radius 1 is 1.57 bits per heavy atom. The third kappa shape index (κ3) is 1.18. The van der Waals surface area contributed by atoms with E-state index in [9.17, 15) is 4.79 Å². The van der Waals surface area contributed by atoms with Crippen molar-refractivity contribution in [3.63, 3.8) is 0 Å². The van der Waals surface area contributed by atoms with E-state index < -0.39 is 0 Å². The van der Waals surface area contributed by atoms with E-state index in [1.807, 2.05) is 18.7 Å². The Kier molecular flexibility index (Phi) is 2.11. The molecular formula is C11H19NO2. The maximum atomic E-state index is 12.0. The average molecular weight is 197 g/mol. The molecule has 2 heterocycles. The summed E-state index contributed by atoms with van der Waals surface area (Å²) in [6.45, 7) is 9.03. The molecular weight excluding hydrogens is 178 g/mol. The highest BCUT2D eigenvalue weighted by atomic mass is 16.5. The summed E-state index contributed by atoms with van der Waals surface area (Å²) in [5.74, 6) is 0.872. The molecule has 0 aliphatic carbocycles. The zero-order valence-corrected chi connectivity index (χ0v) is 9.41. The second-order valence-corrected chi connectivity index (χ2v) is 5.11. The number of nitrogens with zero attached hydrogens (tertiary/aromatic N) is 1. The van der Waals surface area contributed by atoms with Gasteiger partial charge in [0.15, 0.2) is 0 Å². The number of hydrogen-bond acceptors (Lipinski definition) is 2. The van der Waals surface area contributed by atoms with Gasteiger partial charge in [0, 0.05) is 12.3 Å². The lowest BCUT2D eigenvalue weighted by Crippen LogP contribution is -2.45. The Morgan fingerprint density at radius 2 is 2.21 bits per heavy atom. The van der Waals surface area contributed by atoms with Crippen molar-refractivity contribution in [3.05, 3.63) is 0 Å². The fourth-order valence-electron chi connectivity index (χ4n) is 2.70. The summed E-state index contributed by atoms with van der Waals surface area (Å²) < 4.78 is 5.78. The van der Waals surface area contributed by atoms with E-state index in [0.29, 0.717) is 12.5 Å². The first-order chi connectivity index (χ1) is 6.46. The quantitative estimate of drug-likeness (QED) is 0.639. The van der Waals surface area contributed by atoms with Crippen LogP contribution in [0.1, 0.15) is 34.1 Å². The van der Waals surface area contributed by atoms with Gasteiger partial charge in [-0.3, -0.25) is 4.79 Å². The number of carbonyl (C=O) groups is 1. The SMILES string of the molecule is CC(C)[C@H]1CO[C@]2(C)C[C@H](C)C(=O)N12. The molecule has 0 aromatic carbocycles. The highest BCUT2D eigenvalue weighted by molar-refractivity contribution is 5.82. The van der Waals surface area contributed by atoms with Crippen LogP contribution in [0.5, 0.6) is 0 Å². The lowest BCUT2D eigenvalue weighted by Gasteiger charge is -2.31. The molecule has 0 saturated carbocycles. The first-order valence-corrected chi connectivity index (χ1v) is 5.43. The molecule has 0 aromatic heterocycles. The van der Waals surface area contributed by atoms with Gasteiger partial charge in [-0.15, -0.1) is 0 Å². The lowest BCUT2D eigenvalue weighted by atomic mass is 10.0. The van der Waals surface area contributed by atoms with Crippen molar-refractivity contribution in [1.82, 2.24) is 4.90 Å². The monoisotopic (exact) mass is 197 g/mol. The van der Waals surface area contributed by atoms with Crippen LogP contribution in [0.25, 0.3) is 0 Å². The van der Waals surface area contributed by atoms with Gasteiger partial charge in [0.05, 0.1) is 12.6 Å². The molecule has 3 heteroatoms. The van der Waals surface area contributed by atoms with Gasteiger partial charge in [0.1, 0.15) is 5.72 Å². The van der Waals surface area contributed by atoms with E-state index in [1.54, 1.807) is 0 Å². The summed E-state index contributed by atoms with van der Waals surface area (Å²) in [5.41, 5.74) is -0.314. The lowest BCUT2D eigenvalue weighted by molar-refractivity contribution is -0.138. The zero-order chi connectivity index (χ0) is 10.5. The fraction of sp³-hybridized carbons (Fsp3) is 0.909. The van der Waals surface area contributed by atoms with Crippen LogP contribution in [0, 0.1) is 11.8 Å². The van der Waals surface area contributed by atoms with Crippen LogP contribution >= 0.6 is 0 Å². The Morgan fingerprint density at radius 3 is 2.79 bits per heavy atom. The molecule has 14 heavy (non-hydrogen) atoms. The molecule has 2 fully saturated rings. The van der Waals surface area contributed by atoms with Crippen molar-refractivity contribution in [2.75, 3.05) is 6.61 Å². The summed E-state index contributed by atoms with van der Waals surface area (Å²) in [7, 11) is 0. The average Bonchev–Trinajstić information content (AvgIpc) is 2.50. The largest absolute Gasteiger partial charge is 0.354 e. The van der Waals surface area contributed by atoms with Crippen molar-refractivity contribution in [1.29, 1.82) is 0 Å². The third-order valence-electron chi connectivity index (χ3n) is 3.52. The van der Waals surface area contributed by atoms with Crippen molar-refractivity contribution in [2.24, 2.45) is 11.8 Å². The minimum absolute atomic E-state index is 0.126. The first-order valence-electron chi connectivity index (χ1n) is 5.43. The van der Waals surface area contributed by atoms with Gasteiger partial charge in [-0.2, -0.15) is 0 Å². The number of fused-ring (bicyclic) bond motifs is 1. The van der Waals surface area contributed by atoms with Crippen molar-refractivity contribution in [3.8, 4) is 0 Å². The predicted molar refractivity (Wildman–Crippen MR) is 53.6 cm³/mol. The van der Waals surface area contributed by atoms with E-state index >= 15 is 0 Å². The molecule has 0 radical (unpaired) electrons. The molecule has 2 saturated heterocycles. The number of carbonyl (C=O) groups excluding carboxylic acids is 1. The van der Waals surface area contributed by atoms with Crippen LogP contribution in [0.2, 0.25) is 0 Å². The maximum absolute atomic E-state index is 12.0. The predicted octanol–water partition coefficient (Wildman–Crippen LogP) is 1.63. The minimum Gasteiger partial charge on any atom is -0.354 e. The molecule has 0 unspecified atom stereocenters. The van der Waals surface area contributed by atoms with Crippen molar-refractivity contribution < 1.29 is 9.53 Å². The van der Waals surface area contributed by atoms with E-state index in [2.05, 4.69) is 13.8 Å². The standard InChI is InChI=1S/C11H19NO2/c1-7(2)9-6-14-11(4)5-8(3)10(13)12(9)11/h7-9H,5-6H2,1-4H3/t8-,9+,11+/m0/s1. The number of amides is 1. The molecule has 0 spiro atoms. The maximum Gasteiger partial charge on any atom is 0.228 e. The van der Waals surface area contributed by atoms with Gasteiger partial charge in [-0.05, 0) is 12.8 Å². The Hall–Kier alpha value is -0.570. The molecule has 2 aliphatic heterocycles. The second-order valence-electron chi connectivity index (χ2n) is 5.11. The molecule has 0 N–H and O–H groups in total. The second kappa shape index (κ2) is 2.96. The minimum atomic E-state index is -0.314. The molecule has 0 aromatic rings. The summed E-state index contributed by atoms with van der Waals surface area (Å²) in [5, 5.41) is 0. The molecule has 3 nitrogen and oxygen atoms in total. The summed E-state index contributed by atoms with van der Waals surface area (Å²) in [6.07, 6.45) is 0.842. The molecule has 2 aliphatic rings. The van der Waals surface area contributed by atoms with E-state index in [0.717, 1.165) is 6.42 Å². The van der Waals surface area contributed by atoms with E-state index in [1.165, 1.54) is 0 Å². The number of rotatable bonds is 1. The van der Waals surface area contributed by atoms with E-state index in [4.69, 9.17) is 4.74 Å². The van der Waals surface area contributed by atoms with Crippen molar-refractivity contribution >= 4 is 5.91 Å². The Labute approximate surface area is 85.4 Å². The highest BCUT2D eigenvalue weighted by Crippen LogP contribution is 2.42. The number of ether oxygens (including phenoxy) is 1. The number of hydrogen-bond donors (Lipinski definition) is 0. The molecule has 0 bridgehead atoms. The van der Waals surface area contributed by atoms with Crippen molar-refractivity contribution in [2.45, 2.75) is 45.9 Å². The van der Waals surface area contributed by atoms with Crippen LogP contribution in [0.3, 0.4) is 0 Å². The fourth-order valence-corrected chi connectivity index (χ4v) is 2.70. The van der Waals surface area contributed by atoms with Gasteiger partial charge in [0.2, 0.25) is 5.91 Å². The summed E-state index contributed by atoms with van der Waals surface area (Å²) in [6, 6.07) is 0.275. The topological polar surface area (TPSA) is 29.5 Å². The summed E-state index contributed by atoms with van der Waals surface area (Å²) in [4.78, 5) is 13.9. The normalized spacial score (nSPS) is 42.4. The van der Waals surface area contributed by atoms with Crippen LogP contribution in [-0.2, 0) is 9.53 Å².